The maximum absolute atomic E-state index is 5.55. The summed E-state index contributed by atoms with van der Waals surface area (Å²) in [4.78, 5) is 0. The molecule has 0 fully saturated rings. The Morgan fingerprint density at radius 2 is 2.08 bits per heavy atom. The van der Waals surface area contributed by atoms with Gasteiger partial charge < -0.3 is 5.73 Å². The minimum atomic E-state index is 0.0537. The molecule has 0 aliphatic carbocycles. The van der Waals surface area contributed by atoms with Crippen molar-refractivity contribution in [1.29, 1.82) is 0 Å². The van der Waals surface area contributed by atoms with Crippen LogP contribution in [0.25, 0.3) is 0 Å². The summed E-state index contributed by atoms with van der Waals surface area (Å²) in [5.74, 6) is 0. The number of rotatable bonds is 1. The highest BCUT2D eigenvalue weighted by atomic mass is 15.3. The van der Waals surface area contributed by atoms with Crippen molar-refractivity contribution in [2.24, 2.45) is 5.73 Å². The van der Waals surface area contributed by atoms with Gasteiger partial charge in [0.25, 0.3) is 0 Å². The molecule has 0 bridgehead atoms. The fourth-order valence-corrected chi connectivity index (χ4v) is 1.04. The van der Waals surface area contributed by atoms with Crippen molar-refractivity contribution in [3.05, 3.63) is 17.5 Å². The van der Waals surface area contributed by atoms with E-state index in [4.69, 9.17) is 5.73 Å². The van der Waals surface area contributed by atoms with Crippen LogP contribution in [0.4, 0.5) is 0 Å². The molecule has 0 aliphatic rings. The quantitative estimate of drug-likeness (QED) is 0.687. The first-order chi connectivity index (χ1) is 5.45. The molecule has 1 aromatic rings. The normalized spacial score (nSPS) is 12.1. The van der Waals surface area contributed by atoms with E-state index in [9.17, 15) is 0 Å². The first-order valence-corrected chi connectivity index (χ1v) is 4.21. The Morgan fingerprint density at radius 3 is 2.33 bits per heavy atom. The van der Waals surface area contributed by atoms with Crippen molar-refractivity contribution in [3.63, 3.8) is 0 Å². The third-order valence-corrected chi connectivity index (χ3v) is 1.91. The summed E-state index contributed by atoms with van der Waals surface area (Å²) in [6, 6.07) is 0. The summed E-state index contributed by atoms with van der Waals surface area (Å²) >= 11 is 0. The summed E-state index contributed by atoms with van der Waals surface area (Å²) in [5.41, 5.74) is 7.77. The maximum Gasteiger partial charge on any atom is 0.0638 e. The zero-order chi connectivity index (χ0) is 9.35. The zero-order valence-electron chi connectivity index (χ0n) is 8.26. The number of aryl methyl sites for hydroxylation is 1. The van der Waals surface area contributed by atoms with Gasteiger partial charge in [0, 0.05) is 18.3 Å². The van der Waals surface area contributed by atoms with Crippen LogP contribution in [0.5, 0.6) is 0 Å². The highest BCUT2D eigenvalue weighted by Crippen LogP contribution is 2.15. The predicted molar refractivity (Wildman–Crippen MR) is 49.9 cm³/mol. The highest BCUT2D eigenvalue weighted by Gasteiger charge is 2.15. The fourth-order valence-electron chi connectivity index (χ4n) is 1.04. The van der Waals surface area contributed by atoms with Gasteiger partial charge in [0.05, 0.1) is 11.2 Å². The third-order valence-electron chi connectivity index (χ3n) is 1.91. The Morgan fingerprint density at radius 1 is 1.50 bits per heavy atom. The summed E-state index contributed by atoms with van der Waals surface area (Å²) in [5, 5.41) is 4.39. The zero-order valence-corrected chi connectivity index (χ0v) is 8.26. The lowest BCUT2D eigenvalue weighted by molar-refractivity contribution is 0.354. The van der Waals surface area contributed by atoms with Crippen LogP contribution >= 0.6 is 0 Å². The standard InChI is InChI=1S/C9H17N3/c1-7-8(5-10)6-12(11-7)9(2,3)4/h6H,5,10H2,1-4H3. The van der Waals surface area contributed by atoms with Gasteiger partial charge in [-0.05, 0) is 27.7 Å². The van der Waals surface area contributed by atoms with E-state index in [1.54, 1.807) is 0 Å². The van der Waals surface area contributed by atoms with Gasteiger partial charge in [-0.2, -0.15) is 5.10 Å². The summed E-state index contributed by atoms with van der Waals surface area (Å²) in [6.07, 6.45) is 2.02. The van der Waals surface area contributed by atoms with Gasteiger partial charge in [0.2, 0.25) is 0 Å². The number of hydrogen-bond donors (Lipinski definition) is 1. The summed E-state index contributed by atoms with van der Waals surface area (Å²) in [7, 11) is 0. The van der Waals surface area contributed by atoms with Crippen molar-refractivity contribution in [1.82, 2.24) is 9.78 Å². The SMILES string of the molecule is Cc1nn(C(C)(C)C)cc1CN. The molecule has 0 aliphatic heterocycles. The molecule has 0 spiro atoms. The number of hydrogen-bond acceptors (Lipinski definition) is 2. The summed E-state index contributed by atoms with van der Waals surface area (Å²) < 4.78 is 1.96. The van der Waals surface area contributed by atoms with Crippen molar-refractivity contribution < 1.29 is 0 Å². The Balaban J connectivity index is 3.05. The molecule has 3 heteroatoms. The van der Waals surface area contributed by atoms with E-state index >= 15 is 0 Å². The molecule has 0 amide bonds. The van der Waals surface area contributed by atoms with Crippen LogP contribution in [0.2, 0.25) is 0 Å². The Kier molecular flexibility index (Phi) is 2.24. The molecule has 0 radical (unpaired) electrons. The maximum atomic E-state index is 5.55. The van der Waals surface area contributed by atoms with Gasteiger partial charge in [0.15, 0.2) is 0 Å². The van der Waals surface area contributed by atoms with E-state index in [-0.39, 0.29) is 5.54 Å². The first kappa shape index (κ1) is 9.26. The van der Waals surface area contributed by atoms with Gasteiger partial charge in [-0.15, -0.1) is 0 Å². The molecule has 0 saturated carbocycles. The lowest BCUT2D eigenvalue weighted by Gasteiger charge is -2.18. The van der Waals surface area contributed by atoms with E-state index in [0.29, 0.717) is 6.54 Å². The van der Waals surface area contributed by atoms with E-state index in [1.807, 2.05) is 17.8 Å². The number of nitrogens with two attached hydrogens (primary N) is 1. The van der Waals surface area contributed by atoms with E-state index < -0.39 is 0 Å². The van der Waals surface area contributed by atoms with Crippen LogP contribution in [0.15, 0.2) is 6.20 Å². The molecule has 0 atom stereocenters. The second kappa shape index (κ2) is 2.90. The Hall–Kier alpha value is -0.830. The van der Waals surface area contributed by atoms with Crippen LogP contribution in [0, 0.1) is 6.92 Å². The molecular weight excluding hydrogens is 150 g/mol. The largest absolute Gasteiger partial charge is 0.326 e. The molecular formula is C9H17N3. The van der Waals surface area contributed by atoms with Crippen molar-refractivity contribution >= 4 is 0 Å². The molecule has 1 heterocycles. The van der Waals surface area contributed by atoms with Crippen LogP contribution in [0.3, 0.4) is 0 Å². The second-order valence-corrected chi connectivity index (χ2v) is 4.06. The van der Waals surface area contributed by atoms with Gasteiger partial charge in [-0.3, -0.25) is 4.68 Å². The smallest absolute Gasteiger partial charge is 0.0638 e. The monoisotopic (exact) mass is 167 g/mol. The Labute approximate surface area is 73.6 Å². The van der Waals surface area contributed by atoms with Crippen molar-refractivity contribution in [2.45, 2.75) is 39.8 Å². The molecule has 3 nitrogen and oxygen atoms in total. The molecule has 0 unspecified atom stereocenters. The molecule has 68 valence electrons. The molecule has 2 N–H and O–H groups in total. The van der Waals surface area contributed by atoms with Crippen molar-refractivity contribution in [3.8, 4) is 0 Å². The van der Waals surface area contributed by atoms with E-state index in [2.05, 4.69) is 25.9 Å². The number of nitrogens with zero attached hydrogens (tertiary/aromatic N) is 2. The highest BCUT2D eigenvalue weighted by molar-refractivity contribution is 5.15. The molecule has 12 heavy (non-hydrogen) atoms. The Bertz CT molecular complexity index is 268. The van der Waals surface area contributed by atoms with Gasteiger partial charge in [-0.25, -0.2) is 0 Å². The minimum absolute atomic E-state index is 0.0537. The number of aromatic nitrogens is 2. The van der Waals surface area contributed by atoms with Gasteiger partial charge >= 0.3 is 0 Å². The first-order valence-electron chi connectivity index (χ1n) is 4.21. The van der Waals surface area contributed by atoms with Crippen LogP contribution in [-0.2, 0) is 12.1 Å². The fraction of sp³-hybridized carbons (Fsp3) is 0.667. The van der Waals surface area contributed by atoms with Crippen molar-refractivity contribution in [2.75, 3.05) is 0 Å². The van der Waals surface area contributed by atoms with Crippen LogP contribution in [0.1, 0.15) is 32.0 Å². The van der Waals surface area contributed by atoms with Crippen LogP contribution < -0.4 is 5.73 Å². The second-order valence-electron chi connectivity index (χ2n) is 4.06. The average Bonchev–Trinajstić information content (AvgIpc) is 2.29. The van der Waals surface area contributed by atoms with E-state index in [1.165, 1.54) is 0 Å². The minimum Gasteiger partial charge on any atom is -0.326 e. The van der Waals surface area contributed by atoms with Gasteiger partial charge in [-0.1, -0.05) is 0 Å². The molecule has 1 aromatic heterocycles. The molecule has 1 rings (SSSR count). The summed E-state index contributed by atoms with van der Waals surface area (Å²) in [6.45, 7) is 8.94. The lowest BCUT2D eigenvalue weighted by Crippen LogP contribution is -2.22. The predicted octanol–water partition coefficient (Wildman–Crippen LogP) is 1.41. The molecule has 0 saturated heterocycles. The van der Waals surface area contributed by atoms with E-state index in [0.717, 1.165) is 11.3 Å². The van der Waals surface area contributed by atoms with Crippen LogP contribution in [-0.4, -0.2) is 9.78 Å². The average molecular weight is 167 g/mol. The topological polar surface area (TPSA) is 43.8 Å². The lowest BCUT2D eigenvalue weighted by atomic mass is 10.1. The molecule has 0 aromatic carbocycles. The third kappa shape index (κ3) is 1.67. The van der Waals surface area contributed by atoms with Gasteiger partial charge in [0.1, 0.15) is 0 Å².